The number of nitrogens with two attached hydrogens (primary N) is 1. The van der Waals surface area contributed by atoms with E-state index in [0.717, 1.165) is 18.7 Å². The third-order valence-corrected chi connectivity index (χ3v) is 5.70. The van der Waals surface area contributed by atoms with Gasteiger partial charge in [-0.15, -0.1) is 24.8 Å². The highest BCUT2D eigenvalue weighted by Crippen LogP contribution is 2.29. The summed E-state index contributed by atoms with van der Waals surface area (Å²) >= 11 is 0. The van der Waals surface area contributed by atoms with Crippen molar-refractivity contribution in [1.82, 2.24) is 14.9 Å². The topological polar surface area (TPSA) is 72.9 Å². The molecular weight excluding hydrogens is 395 g/mol. The molecule has 1 aliphatic carbocycles. The molecule has 28 heavy (non-hydrogen) atoms. The molecule has 3 N–H and O–H groups in total. The van der Waals surface area contributed by atoms with E-state index in [0.29, 0.717) is 18.3 Å². The van der Waals surface area contributed by atoms with Crippen LogP contribution in [0.25, 0.3) is 0 Å². The van der Waals surface area contributed by atoms with Gasteiger partial charge in [-0.05, 0) is 23.8 Å². The zero-order valence-corrected chi connectivity index (χ0v) is 18.2. The van der Waals surface area contributed by atoms with Gasteiger partial charge in [-0.3, -0.25) is 4.79 Å². The lowest BCUT2D eigenvalue weighted by Crippen LogP contribution is -2.50. The molecule has 0 radical (unpaired) electrons. The molecule has 1 saturated carbocycles. The number of carbonyl (C=O) groups excluding carboxylic acids is 1. The third-order valence-electron chi connectivity index (χ3n) is 5.70. The molecule has 1 heterocycles. The Bertz CT molecular complexity index is 722. The van der Waals surface area contributed by atoms with E-state index in [1.807, 2.05) is 29.0 Å². The molecule has 1 aliphatic rings. The first-order valence-electron chi connectivity index (χ1n) is 9.63. The van der Waals surface area contributed by atoms with E-state index < -0.39 is 6.04 Å². The monoisotopic (exact) mass is 426 g/mol. The molecule has 3 unspecified atom stereocenters. The largest absolute Gasteiger partial charge is 0.352 e. The Morgan fingerprint density at radius 1 is 1.25 bits per heavy atom. The fraction of sp³-hybridized carbons (Fsp3) is 0.524. The number of amides is 1. The maximum Gasteiger partial charge on any atom is 0.237 e. The van der Waals surface area contributed by atoms with Crippen LogP contribution in [0.4, 0.5) is 0 Å². The highest BCUT2D eigenvalue weighted by molar-refractivity contribution is 5.85. The fourth-order valence-electron chi connectivity index (χ4n) is 3.79. The van der Waals surface area contributed by atoms with Crippen molar-refractivity contribution in [2.45, 2.75) is 58.2 Å². The molecule has 2 aromatic rings. The first-order chi connectivity index (χ1) is 12.5. The SMILES string of the molecule is CC1CCCC(NC(=O)[C@@H](N)Cc2cn(Cc3ccccc3)cn2)C1C.Cl.Cl. The molecular formula is C21H32Cl2N4O. The maximum absolute atomic E-state index is 12.5. The van der Waals surface area contributed by atoms with Crippen molar-refractivity contribution in [2.24, 2.45) is 17.6 Å². The van der Waals surface area contributed by atoms with Crippen molar-refractivity contribution >= 4 is 30.7 Å². The maximum atomic E-state index is 12.5. The van der Waals surface area contributed by atoms with Crippen LogP contribution in [0.15, 0.2) is 42.9 Å². The smallest absolute Gasteiger partial charge is 0.237 e. The minimum absolute atomic E-state index is 0. The number of aromatic nitrogens is 2. The second-order valence-corrected chi connectivity index (χ2v) is 7.72. The first kappa shape index (κ1) is 24.5. The quantitative estimate of drug-likeness (QED) is 0.740. The lowest BCUT2D eigenvalue weighted by atomic mass is 9.78. The summed E-state index contributed by atoms with van der Waals surface area (Å²) in [5.41, 5.74) is 8.22. The van der Waals surface area contributed by atoms with Gasteiger partial charge in [-0.1, -0.05) is 57.0 Å². The highest BCUT2D eigenvalue weighted by Gasteiger charge is 2.29. The van der Waals surface area contributed by atoms with Crippen molar-refractivity contribution < 1.29 is 4.79 Å². The van der Waals surface area contributed by atoms with E-state index in [2.05, 4.69) is 36.3 Å². The molecule has 1 aromatic carbocycles. The molecule has 0 aliphatic heterocycles. The van der Waals surface area contributed by atoms with Gasteiger partial charge in [0.15, 0.2) is 0 Å². The third kappa shape index (κ3) is 6.50. The van der Waals surface area contributed by atoms with Gasteiger partial charge in [0, 0.05) is 25.2 Å². The van der Waals surface area contributed by atoms with Gasteiger partial charge >= 0.3 is 0 Å². The first-order valence-corrected chi connectivity index (χ1v) is 9.63. The standard InChI is InChI=1S/C21H30N4O.2ClH/c1-15-7-6-10-20(16(15)2)24-21(26)19(22)11-18-13-25(14-23-18)12-17-8-4-3-5-9-17;;/h3-5,8-9,13-16,19-20H,6-7,10-12,22H2,1-2H3,(H,24,26);2*1H/t15?,16?,19-,20?;;/m0../s1. The van der Waals surface area contributed by atoms with Crippen LogP contribution in [-0.4, -0.2) is 27.5 Å². The molecule has 0 spiro atoms. The zero-order valence-electron chi connectivity index (χ0n) is 16.6. The molecule has 3 rings (SSSR count). The van der Waals surface area contributed by atoms with E-state index in [4.69, 9.17) is 5.73 Å². The van der Waals surface area contributed by atoms with Crippen molar-refractivity contribution in [2.75, 3.05) is 0 Å². The predicted molar refractivity (Wildman–Crippen MR) is 118 cm³/mol. The summed E-state index contributed by atoms with van der Waals surface area (Å²) in [7, 11) is 0. The summed E-state index contributed by atoms with van der Waals surface area (Å²) in [4.78, 5) is 16.9. The van der Waals surface area contributed by atoms with Crippen LogP contribution < -0.4 is 11.1 Å². The van der Waals surface area contributed by atoms with Gasteiger partial charge in [-0.2, -0.15) is 0 Å². The zero-order chi connectivity index (χ0) is 18.5. The molecule has 7 heteroatoms. The van der Waals surface area contributed by atoms with Gasteiger partial charge in [0.25, 0.3) is 0 Å². The number of carbonyl (C=O) groups is 1. The molecule has 0 bridgehead atoms. The van der Waals surface area contributed by atoms with Crippen LogP contribution in [0.3, 0.4) is 0 Å². The average molecular weight is 427 g/mol. The van der Waals surface area contributed by atoms with E-state index in [1.165, 1.54) is 18.4 Å². The van der Waals surface area contributed by atoms with Gasteiger partial charge in [0.2, 0.25) is 5.91 Å². The number of hydrogen-bond acceptors (Lipinski definition) is 3. The number of nitrogens with zero attached hydrogens (tertiary/aromatic N) is 2. The molecule has 156 valence electrons. The molecule has 1 amide bonds. The minimum atomic E-state index is -0.556. The minimum Gasteiger partial charge on any atom is -0.352 e. The number of halogens is 2. The summed E-state index contributed by atoms with van der Waals surface area (Å²) in [6, 6.07) is 9.93. The Hall–Kier alpha value is -1.56. The normalized spacial score (nSPS) is 22.5. The molecule has 4 atom stereocenters. The van der Waals surface area contributed by atoms with Crippen LogP contribution in [0.2, 0.25) is 0 Å². The van der Waals surface area contributed by atoms with Crippen molar-refractivity contribution in [3.63, 3.8) is 0 Å². The molecule has 1 aromatic heterocycles. The Labute approximate surface area is 180 Å². The Morgan fingerprint density at radius 2 is 1.96 bits per heavy atom. The Kier molecular flexibility index (Phi) is 10.0. The van der Waals surface area contributed by atoms with Crippen LogP contribution in [0, 0.1) is 11.8 Å². The van der Waals surface area contributed by atoms with Gasteiger partial charge < -0.3 is 15.6 Å². The van der Waals surface area contributed by atoms with Gasteiger partial charge in [0.05, 0.1) is 18.1 Å². The van der Waals surface area contributed by atoms with Crippen molar-refractivity contribution in [3.8, 4) is 0 Å². The number of imidazole rings is 1. The predicted octanol–water partition coefficient (Wildman–Crippen LogP) is 3.59. The average Bonchev–Trinajstić information content (AvgIpc) is 3.06. The van der Waals surface area contributed by atoms with E-state index in [9.17, 15) is 4.79 Å². The van der Waals surface area contributed by atoms with Crippen LogP contribution >= 0.6 is 24.8 Å². The molecule has 1 fully saturated rings. The lowest BCUT2D eigenvalue weighted by Gasteiger charge is -2.35. The van der Waals surface area contributed by atoms with Gasteiger partial charge in [0.1, 0.15) is 0 Å². The Morgan fingerprint density at radius 3 is 2.68 bits per heavy atom. The van der Waals surface area contributed by atoms with Gasteiger partial charge in [-0.25, -0.2) is 4.98 Å². The van der Waals surface area contributed by atoms with E-state index in [1.54, 1.807) is 6.33 Å². The number of rotatable bonds is 6. The molecule has 0 saturated heterocycles. The van der Waals surface area contributed by atoms with Crippen molar-refractivity contribution in [3.05, 3.63) is 54.1 Å². The van der Waals surface area contributed by atoms with Crippen LogP contribution in [0.1, 0.15) is 44.4 Å². The highest BCUT2D eigenvalue weighted by atomic mass is 35.5. The van der Waals surface area contributed by atoms with Crippen molar-refractivity contribution in [1.29, 1.82) is 0 Å². The summed E-state index contributed by atoms with van der Waals surface area (Å²) in [6.45, 7) is 5.26. The Balaban J connectivity index is 0.00000196. The van der Waals surface area contributed by atoms with E-state index in [-0.39, 0.29) is 36.8 Å². The fourth-order valence-corrected chi connectivity index (χ4v) is 3.79. The molecule has 5 nitrogen and oxygen atoms in total. The summed E-state index contributed by atoms with van der Waals surface area (Å²) in [5.74, 6) is 1.09. The number of nitrogens with one attached hydrogen (secondary N) is 1. The summed E-state index contributed by atoms with van der Waals surface area (Å²) in [6.07, 6.45) is 7.72. The number of benzene rings is 1. The summed E-state index contributed by atoms with van der Waals surface area (Å²) < 4.78 is 2.03. The van der Waals surface area contributed by atoms with E-state index >= 15 is 0 Å². The van der Waals surface area contributed by atoms with Crippen LogP contribution in [-0.2, 0) is 17.8 Å². The lowest BCUT2D eigenvalue weighted by molar-refractivity contribution is -0.123. The second-order valence-electron chi connectivity index (χ2n) is 7.72. The van der Waals surface area contributed by atoms with Crippen LogP contribution in [0.5, 0.6) is 0 Å². The summed E-state index contributed by atoms with van der Waals surface area (Å²) in [5, 5.41) is 3.17. The second kappa shape index (κ2) is 11.4. The number of hydrogen-bond donors (Lipinski definition) is 2.